The molecular formula is C10H10FO. The molecule has 12 heavy (non-hydrogen) atoms. The summed E-state index contributed by atoms with van der Waals surface area (Å²) in [7, 11) is 0. The molecule has 1 nitrogen and oxygen atoms in total. The molecule has 0 aliphatic rings. The molecule has 1 atom stereocenters. The standard InChI is InChI=1S/C10H10FO/c1-8(6-7-12)9-2-4-10(11)5-3-9/h2-5,7-8H,1,6H2. The van der Waals surface area contributed by atoms with Gasteiger partial charge in [-0.05, 0) is 30.5 Å². The zero-order chi connectivity index (χ0) is 8.97. The second kappa shape index (κ2) is 4.00. The van der Waals surface area contributed by atoms with Gasteiger partial charge in [0.05, 0.1) is 0 Å². The third-order valence-corrected chi connectivity index (χ3v) is 1.72. The van der Waals surface area contributed by atoms with Crippen LogP contribution in [0, 0.1) is 12.7 Å². The number of aldehydes is 1. The van der Waals surface area contributed by atoms with Crippen molar-refractivity contribution in [3.63, 3.8) is 0 Å². The van der Waals surface area contributed by atoms with Crippen LogP contribution in [0.3, 0.4) is 0 Å². The van der Waals surface area contributed by atoms with Crippen LogP contribution in [-0.2, 0) is 4.79 Å². The van der Waals surface area contributed by atoms with Crippen LogP contribution in [-0.4, -0.2) is 6.29 Å². The van der Waals surface area contributed by atoms with E-state index < -0.39 is 0 Å². The first-order valence-electron chi connectivity index (χ1n) is 3.76. The van der Waals surface area contributed by atoms with E-state index in [1.54, 1.807) is 12.1 Å². The number of carbonyl (C=O) groups is 1. The van der Waals surface area contributed by atoms with Crippen molar-refractivity contribution in [3.05, 3.63) is 42.6 Å². The second-order valence-electron chi connectivity index (χ2n) is 2.65. The fourth-order valence-corrected chi connectivity index (χ4v) is 0.987. The summed E-state index contributed by atoms with van der Waals surface area (Å²) in [6.07, 6.45) is 1.20. The van der Waals surface area contributed by atoms with Crippen LogP contribution in [0.2, 0.25) is 0 Å². The lowest BCUT2D eigenvalue weighted by Gasteiger charge is -2.06. The van der Waals surface area contributed by atoms with Crippen LogP contribution in [0.15, 0.2) is 24.3 Å². The molecular weight excluding hydrogens is 155 g/mol. The van der Waals surface area contributed by atoms with Gasteiger partial charge in [-0.2, -0.15) is 0 Å². The van der Waals surface area contributed by atoms with Gasteiger partial charge in [0.2, 0.25) is 0 Å². The van der Waals surface area contributed by atoms with E-state index in [1.165, 1.54) is 12.1 Å². The second-order valence-corrected chi connectivity index (χ2v) is 2.65. The summed E-state index contributed by atoms with van der Waals surface area (Å²) < 4.78 is 12.4. The average molecular weight is 165 g/mol. The number of hydrogen-bond acceptors (Lipinski definition) is 1. The molecule has 0 aliphatic heterocycles. The lowest BCUT2D eigenvalue weighted by Crippen LogP contribution is -1.94. The van der Waals surface area contributed by atoms with E-state index in [4.69, 9.17) is 0 Å². The van der Waals surface area contributed by atoms with Gasteiger partial charge in [-0.1, -0.05) is 12.1 Å². The summed E-state index contributed by atoms with van der Waals surface area (Å²) in [5.74, 6) is -0.333. The van der Waals surface area contributed by atoms with Crippen molar-refractivity contribution in [3.8, 4) is 0 Å². The summed E-state index contributed by atoms with van der Waals surface area (Å²) in [6.45, 7) is 3.77. The number of carbonyl (C=O) groups excluding carboxylic acids is 1. The Kier molecular flexibility index (Phi) is 2.97. The molecule has 0 N–H and O–H groups in total. The van der Waals surface area contributed by atoms with E-state index in [2.05, 4.69) is 6.92 Å². The van der Waals surface area contributed by atoms with Gasteiger partial charge in [-0.3, -0.25) is 0 Å². The van der Waals surface area contributed by atoms with Crippen molar-refractivity contribution in [1.29, 1.82) is 0 Å². The van der Waals surface area contributed by atoms with Crippen molar-refractivity contribution in [2.75, 3.05) is 0 Å². The first kappa shape index (κ1) is 8.91. The van der Waals surface area contributed by atoms with E-state index in [1.807, 2.05) is 0 Å². The predicted octanol–water partition coefficient (Wildman–Crippen LogP) is 2.33. The van der Waals surface area contributed by atoms with Gasteiger partial charge >= 0.3 is 0 Å². The fraction of sp³-hybridized carbons (Fsp3) is 0.200. The van der Waals surface area contributed by atoms with Crippen LogP contribution in [0.25, 0.3) is 0 Å². The quantitative estimate of drug-likeness (QED) is 0.628. The molecule has 1 aromatic carbocycles. The molecule has 0 amide bonds. The van der Waals surface area contributed by atoms with E-state index in [0.717, 1.165) is 11.8 Å². The third kappa shape index (κ3) is 2.16. The maximum absolute atomic E-state index is 12.4. The van der Waals surface area contributed by atoms with Crippen molar-refractivity contribution in [2.45, 2.75) is 12.3 Å². The summed E-state index contributed by atoms with van der Waals surface area (Å²) in [6, 6.07) is 6.05. The van der Waals surface area contributed by atoms with Crippen molar-refractivity contribution < 1.29 is 9.18 Å². The Morgan fingerprint density at radius 3 is 2.50 bits per heavy atom. The largest absolute Gasteiger partial charge is 0.303 e. The van der Waals surface area contributed by atoms with Crippen LogP contribution < -0.4 is 0 Å². The minimum atomic E-state index is -0.267. The molecule has 1 rings (SSSR count). The normalized spacial score (nSPS) is 12.5. The van der Waals surface area contributed by atoms with Gasteiger partial charge < -0.3 is 4.79 Å². The molecule has 1 unspecified atom stereocenters. The molecule has 0 aromatic heterocycles. The topological polar surface area (TPSA) is 17.1 Å². The fourth-order valence-electron chi connectivity index (χ4n) is 0.987. The molecule has 63 valence electrons. The van der Waals surface area contributed by atoms with Crippen molar-refractivity contribution >= 4 is 6.29 Å². The summed E-state index contributed by atoms with van der Waals surface area (Å²) in [4.78, 5) is 10.1. The minimum Gasteiger partial charge on any atom is -0.303 e. The minimum absolute atomic E-state index is 0.0666. The van der Waals surface area contributed by atoms with Crippen molar-refractivity contribution in [1.82, 2.24) is 0 Å². The highest BCUT2D eigenvalue weighted by molar-refractivity contribution is 5.51. The number of hydrogen-bond donors (Lipinski definition) is 0. The Morgan fingerprint density at radius 1 is 1.42 bits per heavy atom. The Bertz CT molecular complexity index is 253. The van der Waals surface area contributed by atoms with E-state index in [-0.39, 0.29) is 11.7 Å². The molecule has 0 aliphatic carbocycles. The van der Waals surface area contributed by atoms with E-state index in [0.29, 0.717) is 6.42 Å². The van der Waals surface area contributed by atoms with Gasteiger partial charge in [0.1, 0.15) is 12.1 Å². The van der Waals surface area contributed by atoms with Crippen LogP contribution in [0.5, 0.6) is 0 Å². The zero-order valence-corrected chi connectivity index (χ0v) is 6.66. The summed E-state index contributed by atoms with van der Waals surface area (Å²) >= 11 is 0. The number of rotatable bonds is 3. The predicted molar refractivity (Wildman–Crippen MR) is 45.2 cm³/mol. The van der Waals surface area contributed by atoms with Gasteiger partial charge in [0, 0.05) is 6.42 Å². The molecule has 0 spiro atoms. The number of halogens is 1. The van der Waals surface area contributed by atoms with Crippen LogP contribution in [0.1, 0.15) is 17.9 Å². The Labute approximate surface area is 71.2 Å². The molecule has 0 heterocycles. The number of benzene rings is 1. The Hall–Kier alpha value is -1.18. The third-order valence-electron chi connectivity index (χ3n) is 1.72. The molecule has 1 aromatic rings. The molecule has 0 fully saturated rings. The highest BCUT2D eigenvalue weighted by Crippen LogP contribution is 2.17. The smallest absolute Gasteiger partial charge is 0.123 e. The molecule has 2 heteroatoms. The molecule has 1 radical (unpaired) electrons. The lowest BCUT2D eigenvalue weighted by molar-refractivity contribution is -0.108. The van der Waals surface area contributed by atoms with Crippen LogP contribution >= 0.6 is 0 Å². The SMILES string of the molecule is [CH2]C(CC=O)c1ccc(F)cc1. The summed E-state index contributed by atoms with van der Waals surface area (Å²) in [5.41, 5.74) is 0.892. The monoisotopic (exact) mass is 165 g/mol. The highest BCUT2D eigenvalue weighted by Gasteiger charge is 2.03. The van der Waals surface area contributed by atoms with E-state index in [9.17, 15) is 9.18 Å². The maximum atomic E-state index is 12.4. The zero-order valence-electron chi connectivity index (χ0n) is 6.66. The average Bonchev–Trinajstić information content (AvgIpc) is 2.06. The van der Waals surface area contributed by atoms with E-state index >= 15 is 0 Å². The molecule has 0 saturated carbocycles. The first-order chi connectivity index (χ1) is 5.74. The lowest BCUT2D eigenvalue weighted by atomic mass is 9.99. The first-order valence-corrected chi connectivity index (χ1v) is 3.76. The van der Waals surface area contributed by atoms with Crippen LogP contribution in [0.4, 0.5) is 4.39 Å². The molecule has 0 bridgehead atoms. The Balaban J connectivity index is 2.74. The maximum Gasteiger partial charge on any atom is 0.123 e. The van der Waals surface area contributed by atoms with Gasteiger partial charge in [0.25, 0.3) is 0 Å². The van der Waals surface area contributed by atoms with Gasteiger partial charge in [-0.15, -0.1) is 0 Å². The molecule has 0 saturated heterocycles. The van der Waals surface area contributed by atoms with Gasteiger partial charge in [0.15, 0.2) is 0 Å². The van der Waals surface area contributed by atoms with Crippen molar-refractivity contribution in [2.24, 2.45) is 0 Å². The summed E-state index contributed by atoms with van der Waals surface area (Å²) in [5, 5.41) is 0. The highest BCUT2D eigenvalue weighted by atomic mass is 19.1. The Morgan fingerprint density at radius 2 is 2.00 bits per heavy atom. The van der Waals surface area contributed by atoms with Gasteiger partial charge in [-0.25, -0.2) is 4.39 Å².